The maximum Gasteiger partial charge on any atom is 0.0837 e. The molecule has 0 aromatic carbocycles. The van der Waals surface area contributed by atoms with Gasteiger partial charge < -0.3 is 5.73 Å². The second kappa shape index (κ2) is 3.55. The van der Waals surface area contributed by atoms with Crippen molar-refractivity contribution >= 4 is 11.3 Å². The van der Waals surface area contributed by atoms with Crippen molar-refractivity contribution in [1.82, 2.24) is 9.78 Å². The molecule has 2 aromatic heterocycles. The zero-order chi connectivity index (χ0) is 10.1. The normalized spacial score (nSPS) is 13.1. The van der Waals surface area contributed by atoms with Crippen LogP contribution in [0.2, 0.25) is 0 Å². The van der Waals surface area contributed by atoms with Gasteiger partial charge in [-0.15, -0.1) is 0 Å². The molecule has 2 aromatic rings. The standard InChI is InChI=1S/C10H13N3S/c1-7-5-14-6-8(7)10(11)9-3-4-13(2)12-9/h3-6,10H,11H2,1-2H3. The predicted molar refractivity (Wildman–Crippen MR) is 58.3 cm³/mol. The molecule has 0 aliphatic heterocycles. The van der Waals surface area contributed by atoms with Crippen molar-refractivity contribution < 1.29 is 0 Å². The fourth-order valence-corrected chi connectivity index (χ4v) is 2.33. The van der Waals surface area contributed by atoms with Crippen LogP contribution >= 0.6 is 11.3 Å². The molecule has 74 valence electrons. The van der Waals surface area contributed by atoms with Gasteiger partial charge >= 0.3 is 0 Å². The smallest absolute Gasteiger partial charge is 0.0837 e. The first-order valence-corrected chi connectivity index (χ1v) is 5.40. The molecule has 0 fully saturated rings. The van der Waals surface area contributed by atoms with E-state index in [4.69, 9.17) is 5.73 Å². The van der Waals surface area contributed by atoms with Gasteiger partial charge in [0.15, 0.2) is 0 Å². The SMILES string of the molecule is Cc1cscc1C(N)c1ccn(C)n1. The molecule has 4 heteroatoms. The lowest BCUT2D eigenvalue weighted by Gasteiger charge is -2.07. The molecule has 0 radical (unpaired) electrons. The van der Waals surface area contributed by atoms with E-state index < -0.39 is 0 Å². The number of thiophene rings is 1. The fourth-order valence-electron chi connectivity index (χ4n) is 1.45. The first-order valence-electron chi connectivity index (χ1n) is 4.46. The second-order valence-corrected chi connectivity index (χ2v) is 4.15. The molecule has 2 heterocycles. The Morgan fingerprint density at radius 2 is 2.29 bits per heavy atom. The molecule has 0 aliphatic carbocycles. The molecule has 0 amide bonds. The van der Waals surface area contributed by atoms with Crippen molar-refractivity contribution in [1.29, 1.82) is 0 Å². The highest BCUT2D eigenvalue weighted by molar-refractivity contribution is 7.08. The minimum Gasteiger partial charge on any atom is -0.319 e. The van der Waals surface area contributed by atoms with E-state index in [-0.39, 0.29) is 6.04 Å². The van der Waals surface area contributed by atoms with Gasteiger partial charge in [-0.05, 0) is 34.9 Å². The first-order chi connectivity index (χ1) is 6.68. The summed E-state index contributed by atoms with van der Waals surface area (Å²) in [4.78, 5) is 0. The average Bonchev–Trinajstić information content (AvgIpc) is 2.73. The van der Waals surface area contributed by atoms with Gasteiger partial charge in [0.2, 0.25) is 0 Å². The molecule has 0 spiro atoms. The number of nitrogens with zero attached hydrogens (tertiary/aromatic N) is 2. The van der Waals surface area contributed by atoms with Gasteiger partial charge in [0.1, 0.15) is 0 Å². The van der Waals surface area contributed by atoms with Crippen LogP contribution < -0.4 is 5.73 Å². The Labute approximate surface area is 87.2 Å². The molecular weight excluding hydrogens is 194 g/mol. The molecular formula is C10H13N3S. The molecule has 1 atom stereocenters. The Bertz CT molecular complexity index is 430. The highest BCUT2D eigenvalue weighted by Gasteiger charge is 2.14. The summed E-state index contributed by atoms with van der Waals surface area (Å²) in [6.07, 6.45) is 1.91. The molecule has 0 saturated carbocycles. The Hall–Kier alpha value is -1.13. The first kappa shape index (κ1) is 9.43. The quantitative estimate of drug-likeness (QED) is 0.816. The van der Waals surface area contributed by atoms with Crippen LogP contribution in [-0.2, 0) is 7.05 Å². The van der Waals surface area contributed by atoms with Crippen molar-refractivity contribution in [2.45, 2.75) is 13.0 Å². The number of aromatic nitrogens is 2. The lowest BCUT2D eigenvalue weighted by atomic mass is 10.1. The second-order valence-electron chi connectivity index (χ2n) is 3.40. The monoisotopic (exact) mass is 207 g/mol. The summed E-state index contributed by atoms with van der Waals surface area (Å²) in [5.41, 5.74) is 9.45. The topological polar surface area (TPSA) is 43.8 Å². The van der Waals surface area contributed by atoms with E-state index in [1.165, 1.54) is 11.1 Å². The summed E-state index contributed by atoms with van der Waals surface area (Å²) < 4.78 is 1.77. The van der Waals surface area contributed by atoms with Crippen LogP contribution in [0.4, 0.5) is 0 Å². The Kier molecular flexibility index (Phi) is 2.39. The van der Waals surface area contributed by atoms with E-state index in [2.05, 4.69) is 22.8 Å². The third-order valence-corrected chi connectivity index (χ3v) is 3.16. The minimum absolute atomic E-state index is 0.0950. The van der Waals surface area contributed by atoms with Gasteiger partial charge in [0, 0.05) is 13.2 Å². The summed E-state index contributed by atoms with van der Waals surface area (Å²) in [5, 5.41) is 8.51. The molecule has 2 N–H and O–H groups in total. The summed E-state index contributed by atoms with van der Waals surface area (Å²) >= 11 is 1.68. The van der Waals surface area contributed by atoms with Gasteiger partial charge in [-0.2, -0.15) is 16.4 Å². The van der Waals surface area contributed by atoms with Crippen molar-refractivity contribution in [3.05, 3.63) is 39.8 Å². The van der Waals surface area contributed by atoms with Gasteiger partial charge in [-0.1, -0.05) is 0 Å². The van der Waals surface area contributed by atoms with E-state index in [0.29, 0.717) is 0 Å². The van der Waals surface area contributed by atoms with Gasteiger partial charge in [0.25, 0.3) is 0 Å². The number of hydrogen-bond donors (Lipinski definition) is 1. The van der Waals surface area contributed by atoms with E-state index in [0.717, 1.165) is 5.69 Å². The van der Waals surface area contributed by atoms with Crippen LogP contribution in [-0.4, -0.2) is 9.78 Å². The summed E-state index contributed by atoms with van der Waals surface area (Å²) in [6, 6.07) is 1.87. The highest BCUT2D eigenvalue weighted by Crippen LogP contribution is 2.24. The van der Waals surface area contributed by atoms with Crippen molar-refractivity contribution in [3.8, 4) is 0 Å². The van der Waals surface area contributed by atoms with Gasteiger partial charge in [-0.3, -0.25) is 4.68 Å². The van der Waals surface area contributed by atoms with Crippen LogP contribution in [0.1, 0.15) is 22.9 Å². The maximum absolute atomic E-state index is 6.11. The van der Waals surface area contributed by atoms with Crippen molar-refractivity contribution in [2.24, 2.45) is 12.8 Å². The maximum atomic E-state index is 6.11. The lowest BCUT2D eigenvalue weighted by Crippen LogP contribution is -2.13. The fraction of sp³-hybridized carbons (Fsp3) is 0.300. The molecule has 1 unspecified atom stereocenters. The Balaban J connectivity index is 2.33. The number of nitrogens with two attached hydrogens (primary N) is 1. The van der Waals surface area contributed by atoms with Crippen LogP contribution in [0.5, 0.6) is 0 Å². The number of hydrogen-bond acceptors (Lipinski definition) is 3. The van der Waals surface area contributed by atoms with E-state index >= 15 is 0 Å². The summed E-state index contributed by atoms with van der Waals surface area (Å²) in [5.74, 6) is 0. The van der Waals surface area contributed by atoms with Crippen LogP contribution in [0.15, 0.2) is 23.0 Å². The highest BCUT2D eigenvalue weighted by atomic mass is 32.1. The zero-order valence-electron chi connectivity index (χ0n) is 8.27. The van der Waals surface area contributed by atoms with E-state index in [9.17, 15) is 0 Å². The zero-order valence-corrected chi connectivity index (χ0v) is 9.08. The van der Waals surface area contributed by atoms with Crippen molar-refractivity contribution in [3.63, 3.8) is 0 Å². The summed E-state index contributed by atoms with van der Waals surface area (Å²) in [6.45, 7) is 2.08. The van der Waals surface area contributed by atoms with Gasteiger partial charge in [0.05, 0.1) is 11.7 Å². The molecule has 0 bridgehead atoms. The third-order valence-electron chi connectivity index (χ3n) is 2.28. The molecule has 0 saturated heterocycles. The Morgan fingerprint density at radius 3 is 2.79 bits per heavy atom. The van der Waals surface area contributed by atoms with Crippen LogP contribution in [0.3, 0.4) is 0 Å². The molecule has 14 heavy (non-hydrogen) atoms. The van der Waals surface area contributed by atoms with Crippen LogP contribution in [0.25, 0.3) is 0 Å². The third kappa shape index (κ3) is 1.58. The summed E-state index contributed by atoms with van der Waals surface area (Å²) in [7, 11) is 1.90. The largest absolute Gasteiger partial charge is 0.319 e. The number of aryl methyl sites for hydroxylation is 2. The molecule has 3 nitrogen and oxygen atoms in total. The van der Waals surface area contributed by atoms with Gasteiger partial charge in [-0.25, -0.2) is 0 Å². The predicted octanol–water partition coefficient (Wildman–Crippen LogP) is 1.84. The van der Waals surface area contributed by atoms with Crippen molar-refractivity contribution in [2.75, 3.05) is 0 Å². The Morgan fingerprint density at radius 1 is 1.50 bits per heavy atom. The molecule has 0 aliphatic rings. The van der Waals surface area contributed by atoms with Crippen LogP contribution in [0, 0.1) is 6.92 Å². The van der Waals surface area contributed by atoms with E-state index in [1.54, 1.807) is 16.0 Å². The lowest BCUT2D eigenvalue weighted by molar-refractivity contribution is 0.715. The average molecular weight is 207 g/mol. The minimum atomic E-state index is -0.0950. The number of rotatable bonds is 2. The molecule has 2 rings (SSSR count). The van der Waals surface area contributed by atoms with E-state index in [1.807, 2.05) is 19.3 Å².